The summed E-state index contributed by atoms with van der Waals surface area (Å²) in [7, 11) is 0. The van der Waals surface area contributed by atoms with Crippen molar-refractivity contribution in [1.82, 2.24) is 4.98 Å². The van der Waals surface area contributed by atoms with E-state index in [0.717, 1.165) is 30.4 Å². The summed E-state index contributed by atoms with van der Waals surface area (Å²) in [5.74, 6) is -0.382. The number of aromatic nitrogens is 1. The molecule has 0 spiro atoms. The first-order chi connectivity index (χ1) is 12.4. The molecule has 1 aromatic heterocycles. The molecule has 138 valence electrons. The molecule has 1 saturated carbocycles. The van der Waals surface area contributed by atoms with E-state index in [-0.39, 0.29) is 23.6 Å². The predicted octanol–water partition coefficient (Wildman–Crippen LogP) is 3.73. The molecule has 3 amide bonds. The maximum Gasteiger partial charge on any atom is 0.229 e. The van der Waals surface area contributed by atoms with Crippen molar-refractivity contribution >= 4 is 55.8 Å². The SMILES string of the molecule is CC(=O)Nc1cc(NC(C)=O)c2nc(NC(=O)C3CCCCC3)sc2c1. The molecule has 0 aliphatic heterocycles. The lowest BCUT2D eigenvalue weighted by Crippen LogP contribution is -2.24. The van der Waals surface area contributed by atoms with Gasteiger partial charge in [0.2, 0.25) is 17.7 Å². The topological polar surface area (TPSA) is 100 Å². The number of hydrogen-bond donors (Lipinski definition) is 3. The standard InChI is InChI=1S/C18H22N4O3S/c1-10(23)19-13-8-14(20-11(2)24)16-15(9-13)26-18(21-16)22-17(25)12-6-4-3-5-7-12/h8-9,12H,3-7H2,1-2H3,(H,19,23)(H,20,24)(H,21,22,25). The zero-order valence-electron chi connectivity index (χ0n) is 14.8. The molecule has 1 aliphatic rings. The summed E-state index contributed by atoms with van der Waals surface area (Å²) in [5, 5.41) is 8.86. The Morgan fingerprint density at radius 2 is 1.69 bits per heavy atom. The number of fused-ring (bicyclic) bond motifs is 1. The fourth-order valence-electron chi connectivity index (χ4n) is 3.22. The van der Waals surface area contributed by atoms with Crippen molar-refractivity contribution in [3.05, 3.63) is 12.1 Å². The molecule has 1 aromatic carbocycles. The van der Waals surface area contributed by atoms with Crippen molar-refractivity contribution in [2.45, 2.75) is 46.0 Å². The molecule has 0 saturated heterocycles. The maximum absolute atomic E-state index is 12.4. The highest BCUT2D eigenvalue weighted by molar-refractivity contribution is 7.22. The van der Waals surface area contributed by atoms with Crippen molar-refractivity contribution in [2.24, 2.45) is 5.92 Å². The summed E-state index contributed by atoms with van der Waals surface area (Å²) >= 11 is 1.33. The predicted molar refractivity (Wildman–Crippen MR) is 103 cm³/mol. The minimum atomic E-state index is -0.230. The average Bonchev–Trinajstić information content (AvgIpc) is 2.97. The summed E-state index contributed by atoms with van der Waals surface area (Å²) in [6.07, 6.45) is 5.20. The second-order valence-electron chi connectivity index (χ2n) is 6.58. The van der Waals surface area contributed by atoms with E-state index in [4.69, 9.17) is 0 Å². The van der Waals surface area contributed by atoms with Crippen LogP contribution in [0.15, 0.2) is 12.1 Å². The van der Waals surface area contributed by atoms with Crippen molar-refractivity contribution in [3.8, 4) is 0 Å². The Balaban J connectivity index is 1.88. The number of carbonyl (C=O) groups is 3. The second-order valence-corrected chi connectivity index (χ2v) is 7.61. The van der Waals surface area contributed by atoms with E-state index >= 15 is 0 Å². The van der Waals surface area contributed by atoms with Gasteiger partial charge in [0.05, 0.1) is 10.4 Å². The van der Waals surface area contributed by atoms with Crippen molar-refractivity contribution in [2.75, 3.05) is 16.0 Å². The Bertz CT molecular complexity index is 855. The molecular formula is C18H22N4O3S. The van der Waals surface area contributed by atoms with E-state index in [1.54, 1.807) is 12.1 Å². The molecular weight excluding hydrogens is 352 g/mol. The Morgan fingerprint density at radius 3 is 2.35 bits per heavy atom. The van der Waals surface area contributed by atoms with Crippen LogP contribution in [0.5, 0.6) is 0 Å². The number of nitrogens with one attached hydrogen (secondary N) is 3. The fraction of sp³-hybridized carbons (Fsp3) is 0.444. The lowest BCUT2D eigenvalue weighted by molar-refractivity contribution is -0.120. The smallest absolute Gasteiger partial charge is 0.229 e. The van der Waals surface area contributed by atoms with Crippen molar-refractivity contribution in [3.63, 3.8) is 0 Å². The van der Waals surface area contributed by atoms with Crippen LogP contribution in [0.4, 0.5) is 16.5 Å². The van der Waals surface area contributed by atoms with E-state index in [2.05, 4.69) is 20.9 Å². The highest BCUT2D eigenvalue weighted by Crippen LogP contribution is 2.35. The zero-order chi connectivity index (χ0) is 18.7. The quantitative estimate of drug-likeness (QED) is 0.759. The van der Waals surface area contributed by atoms with Crippen LogP contribution in [0.2, 0.25) is 0 Å². The number of anilines is 3. The van der Waals surface area contributed by atoms with Crippen LogP contribution in [0.3, 0.4) is 0 Å². The highest BCUT2D eigenvalue weighted by Gasteiger charge is 2.22. The highest BCUT2D eigenvalue weighted by atomic mass is 32.1. The Hall–Kier alpha value is -2.48. The van der Waals surface area contributed by atoms with Crippen LogP contribution in [0, 0.1) is 5.92 Å². The van der Waals surface area contributed by atoms with E-state index in [9.17, 15) is 14.4 Å². The zero-order valence-corrected chi connectivity index (χ0v) is 15.7. The first-order valence-electron chi connectivity index (χ1n) is 8.73. The van der Waals surface area contributed by atoms with Gasteiger partial charge in [0, 0.05) is 25.5 Å². The summed E-state index contributed by atoms with van der Waals surface area (Å²) in [5.41, 5.74) is 1.67. The van der Waals surface area contributed by atoms with E-state index in [1.807, 2.05) is 0 Å². The van der Waals surface area contributed by atoms with Crippen LogP contribution < -0.4 is 16.0 Å². The molecule has 0 atom stereocenters. The molecule has 7 nitrogen and oxygen atoms in total. The van der Waals surface area contributed by atoms with Crippen LogP contribution in [0.25, 0.3) is 10.2 Å². The van der Waals surface area contributed by atoms with Crippen molar-refractivity contribution < 1.29 is 14.4 Å². The minimum Gasteiger partial charge on any atom is -0.326 e. The van der Waals surface area contributed by atoms with Crippen LogP contribution in [-0.4, -0.2) is 22.7 Å². The first kappa shape index (κ1) is 18.3. The largest absolute Gasteiger partial charge is 0.326 e. The molecule has 0 radical (unpaired) electrons. The Kier molecular flexibility index (Phi) is 5.51. The number of nitrogens with zero attached hydrogens (tertiary/aromatic N) is 1. The number of hydrogen-bond acceptors (Lipinski definition) is 5. The average molecular weight is 374 g/mol. The Labute approximate surface area is 155 Å². The van der Waals surface area contributed by atoms with Gasteiger partial charge in [0.1, 0.15) is 5.52 Å². The fourth-order valence-corrected chi connectivity index (χ4v) is 4.15. The summed E-state index contributed by atoms with van der Waals surface area (Å²) < 4.78 is 0.777. The molecule has 0 unspecified atom stereocenters. The van der Waals surface area contributed by atoms with Gasteiger partial charge in [0.15, 0.2) is 5.13 Å². The molecule has 8 heteroatoms. The lowest BCUT2D eigenvalue weighted by Gasteiger charge is -2.19. The second kappa shape index (κ2) is 7.82. The van der Waals surface area contributed by atoms with Gasteiger partial charge in [-0.2, -0.15) is 0 Å². The van der Waals surface area contributed by atoms with Gasteiger partial charge >= 0.3 is 0 Å². The normalized spacial score (nSPS) is 14.8. The molecule has 1 fully saturated rings. The minimum absolute atomic E-state index is 0.00641. The van der Waals surface area contributed by atoms with E-state index < -0.39 is 0 Å². The van der Waals surface area contributed by atoms with Crippen LogP contribution >= 0.6 is 11.3 Å². The molecule has 26 heavy (non-hydrogen) atoms. The van der Waals surface area contributed by atoms with Crippen LogP contribution in [-0.2, 0) is 14.4 Å². The molecule has 3 rings (SSSR count). The number of amides is 3. The third-order valence-electron chi connectivity index (χ3n) is 4.33. The number of rotatable bonds is 4. The number of benzene rings is 1. The number of carbonyl (C=O) groups excluding carboxylic acids is 3. The third-order valence-corrected chi connectivity index (χ3v) is 5.25. The molecule has 2 aromatic rings. The maximum atomic E-state index is 12.4. The molecule has 1 heterocycles. The van der Waals surface area contributed by atoms with Crippen molar-refractivity contribution in [1.29, 1.82) is 0 Å². The molecule has 3 N–H and O–H groups in total. The summed E-state index contributed by atoms with van der Waals surface area (Å²) in [4.78, 5) is 39.8. The molecule has 0 bridgehead atoms. The monoisotopic (exact) mass is 374 g/mol. The Morgan fingerprint density at radius 1 is 1.00 bits per heavy atom. The number of thiazole rings is 1. The summed E-state index contributed by atoms with van der Waals surface area (Å²) in [6.45, 7) is 2.83. The van der Waals surface area contributed by atoms with E-state index in [1.165, 1.54) is 31.6 Å². The van der Waals surface area contributed by atoms with Crippen LogP contribution in [0.1, 0.15) is 46.0 Å². The van der Waals surface area contributed by atoms with Gasteiger partial charge in [-0.3, -0.25) is 14.4 Å². The third kappa shape index (κ3) is 4.37. The van der Waals surface area contributed by atoms with Gasteiger partial charge in [-0.25, -0.2) is 4.98 Å². The van der Waals surface area contributed by atoms with E-state index in [0.29, 0.717) is 22.0 Å². The lowest BCUT2D eigenvalue weighted by atomic mass is 9.89. The molecule has 1 aliphatic carbocycles. The first-order valence-corrected chi connectivity index (χ1v) is 9.54. The van der Waals surface area contributed by atoms with Gasteiger partial charge in [-0.15, -0.1) is 0 Å². The summed E-state index contributed by atoms with van der Waals surface area (Å²) in [6, 6.07) is 3.45. The van der Waals surface area contributed by atoms with Gasteiger partial charge in [-0.05, 0) is 25.0 Å². The van der Waals surface area contributed by atoms with Gasteiger partial charge < -0.3 is 16.0 Å². The van der Waals surface area contributed by atoms with Gasteiger partial charge in [-0.1, -0.05) is 30.6 Å². The van der Waals surface area contributed by atoms with Gasteiger partial charge in [0.25, 0.3) is 0 Å².